The molecule has 4 aromatic heterocycles. The summed E-state index contributed by atoms with van der Waals surface area (Å²) in [5, 5.41) is 147. The number of carboxylic acids is 6. The minimum atomic E-state index is -1.57. The van der Waals surface area contributed by atoms with Gasteiger partial charge in [0, 0.05) is 42.9 Å². The van der Waals surface area contributed by atoms with E-state index in [1.54, 1.807) is 24.3 Å². The summed E-state index contributed by atoms with van der Waals surface area (Å²) >= 11 is 0. The van der Waals surface area contributed by atoms with E-state index < -0.39 is 204 Å². The van der Waals surface area contributed by atoms with Gasteiger partial charge in [-0.1, -0.05) is 67.2 Å². The van der Waals surface area contributed by atoms with Crippen molar-refractivity contribution in [1.82, 2.24) is 28.7 Å². The minimum absolute atomic E-state index is 0.107. The Labute approximate surface area is 557 Å². The van der Waals surface area contributed by atoms with E-state index in [-0.39, 0.29) is 27.8 Å². The maximum atomic E-state index is 14.5. The number of carbonyl (C=O) groups is 6. The molecular formula is C64H44N18O18. The molecule has 0 aliphatic heterocycles. The van der Waals surface area contributed by atoms with Gasteiger partial charge in [0.2, 0.25) is 35.5 Å². The van der Waals surface area contributed by atoms with Gasteiger partial charge in [0.05, 0.1) is 40.0 Å². The number of hydrogen-bond acceptors (Lipinski definition) is 26. The van der Waals surface area contributed by atoms with Crippen molar-refractivity contribution in [3.63, 3.8) is 0 Å². The van der Waals surface area contributed by atoms with E-state index in [1.165, 1.54) is 55.5 Å². The molecule has 12 N–H and O–H groups in total. The smallest absolute Gasteiger partial charge is 0.337 e. The highest BCUT2D eigenvalue weighted by atomic mass is 16.4. The zero-order valence-corrected chi connectivity index (χ0v) is 50.9. The van der Waals surface area contributed by atoms with Gasteiger partial charge in [-0.05, 0) is 72.6 Å². The molecule has 0 aliphatic rings. The highest BCUT2D eigenvalue weighted by Crippen LogP contribution is 2.45. The first-order valence-electron chi connectivity index (χ1n) is 28.3. The first kappa shape index (κ1) is 68.9. The molecule has 9 aromatic rings. The van der Waals surface area contributed by atoms with Crippen LogP contribution in [0.5, 0.6) is 17.6 Å². The summed E-state index contributed by atoms with van der Waals surface area (Å²) in [5.41, 5.74) is -12.0. The molecule has 36 nitrogen and oxygen atoms in total. The van der Waals surface area contributed by atoms with Crippen LogP contribution in [0, 0.1) is 36.2 Å². The molecule has 0 radical (unpaired) electrons. The third-order valence-corrected chi connectivity index (χ3v) is 14.4. The second-order valence-electron chi connectivity index (χ2n) is 20.5. The van der Waals surface area contributed by atoms with E-state index in [1.807, 2.05) is 0 Å². The molecule has 0 saturated heterocycles. The van der Waals surface area contributed by atoms with Crippen LogP contribution in [0.25, 0.3) is 32.9 Å². The number of nitrogens with one attached hydrogen (secondary N) is 3. The molecule has 0 amide bonds. The molecule has 0 bridgehead atoms. The van der Waals surface area contributed by atoms with E-state index in [9.17, 15) is 99.6 Å². The summed E-state index contributed by atoms with van der Waals surface area (Å²) in [4.78, 5) is 131. The molecule has 0 spiro atoms. The first-order valence-corrected chi connectivity index (χ1v) is 28.3. The molecule has 498 valence electrons. The van der Waals surface area contributed by atoms with E-state index >= 15 is 0 Å². The molecule has 5 aromatic carbocycles. The van der Waals surface area contributed by atoms with Gasteiger partial charge >= 0.3 is 35.8 Å². The Morgan fingerprint density at radius 2 is 0.890 bits per heavy atom. The van der Waals surface area contributed by atoms with Gasteiger partial charge < -0.3 is 61.9 Å². The Hall–Kier alpha value is -15.4. The van der Waals surface area contributed by atoms with Crippen molar-refractivity contribution in [1.29, 1.82) is 10.5 Å². The van der Waals surface area contributed by atoms with Gasteiger partial charge in [-0.3, -0.25) is 23.5 Å². The van der Waals surface area contributed by atoms with Crippen LogP contribution in [0.4, 0.5) is 57.7 Å². The normalized spacial score (nSPS) is 11.0. The molecule has 0 aliphatic carbocycles. The molecule has 100 heavy (non-hydrogen) atoms. The van der Waals surface area contributed by atoms with E-state index in [4.69, 9.17) is 6.57 Å². The van der Waals surface area contributed by atoms with Crippen LogP contribution in [0.3, 0.4) is 0 Å². The van der Waals surface area contributed by atoms with Crippen molar-refractivity contribution in [2.45, 2.75) is 20.0 Å². The van der Waals surface area contributed by atoms with E-state index in [0.717, 1.165) is 54.6 Å². The summed E-state index contributed by atoms with van der Waals surface area (Å²) in [6.45, 7) is 11.1. The highest BCUT2D eigenvalue weighted by Gasteiger charge is 2.29. The van der Waals surface area contributed by atoms with Crippen LogP contribution in [0.2, 0.25) is 0 Å². The topological polar surface area (TPSA) is 551 Å². The molecule has 0 fully saturated rings. The van der Waals surface area contributed by atoms with E-state index in [2.05, 4.69) is 73.0 Å². The zero-order valence-electron chi connectivity index (χ0n) is 50.9. The van der Waals surface area contributed by atoms with Gasteiger partial charge in [-0.15, -0.1) is 30.7 Å². The van der Waals surface area contributed by atoms with Crippen LogP contribution in [0.15, 0.2) is 167 Å². The lowest BCUT2D eigenvalue weighted by Gasteiger charge is -2.18. The number of azo groups is 3. The average molecular weight is 1350 g/mol. The zero-order chi connectivity index (χ0) is 72.4. The number of hydrogen-bond donors (Lipinski definition) is 12. The monoisotopic (exact) mass is 1350 g/mol. The lowest BCUT2D eigenvalue weighted by Crippen LogP contribution is -2.28. The SMILES string of the molecule is [C-]#[N+]c1c(-c2ccccc2)c(N=Nc2cc(C(=O)O)ccc2C(=O)O)c(O)n(C(=C)Nc2nc(NCCn3c(O)c(N=Nc4cc(C(=O)O)ccc4C(=O)O)c(C)c(C#N)c3=O)nc(NCCn3c(O)c(N=Nc4cc(C(=O)O)ccc4C(=O)O)c(-c4ccccc4)c(C#N)c3=O)n2)c1=O. The number of nitriles is 2. The third-order valence-electron chi connectivity index (χ3n) is 14.4. The number of aromatic nitrogens is 6. The largest absolute Gasteiger partial charge is 0.493 e. The Morgan fingerprint density at radius 1 is 0.510 bits per heavy atom. The molecule has 4 heterocycles. The summed E-state index contributed by atoms with van der Waals surface area (Å²) in [5.74, 6) is -14.2. The van der Waals surface area contributed by atoms with Gasteiger partial charge in [0.15, 0.2) is 11.4 Å². The van der Waals surface area contributed by atoms with Crippen LogP contribution < -0.4 is 32.6 Å². The van der Waals surface area contributed by atoms with Gasteiger partial charge in [0.1, 0.15) is 51.8 Å². The maximum Gasteiger partial charge on any atom is 0.337 e. The van der Waals surface area contributed by atoms with Crippen LogP contribution in [-0.4, -0.2) is 124 Å². The minimum Gasteiger partial charge on any atom is -0.493 e. The number of carboxylic acid groups (broad SMARTS) is 6. The second-order valence-corrected chi connectivity index (χ2v) is 20.5. The Balaban J connectivity index is 1.13. The number of benzene rings is 5. The predicted octanol–water partition coefficient (Wildman–Crippen LogP) is 9.61. The Kier molecular flexibility index (Phi) is 20.2. The van der Waals surface area contributed by atoms with Crippen LogP contribution in [0.1, 0.15) is 78.8 Å². The number of nitrogens with zero attached hydrogens (tertiary/aromatic N) is 15. The quantitative estimate of drug-likeness (QED) is 0.0187. The van der Waals surface area contributed by atoms with Crippen LogP contribution in [-0.2, 0) is 13.1 Å². The molecule has 9 rings (SSSR count). The van der Waals surface area contributed by atoms with Crippen molar-refractivity contribution in [3.8, 4) is 52.0 Å². The van der Waals surface area contributed by atoms with Crippen LogP contribution >= 0.6 is 0 Å². The number of aromatic carboxylic acids is 6. The summed E-state index contributed by atoms with van der Waals surface area (Å²) in [6, 6.07) is 27.0. The van der Waals surface area contributed by atoms with E-state index in [0.29, 0.717) is 13.7 Å². The molecule has 0 saturated carbocycles. The summed E-state index contributed by atoms with van der Waals surface area (Å²) in [6.07, 6.45) is 0. The average Bonchev–Trinajstić information content (AvgIpc) is 0.770. The lowest BCUT2D eigenvalue weighted by molar-refractivity contribution is 0.0682. The maximum absolute atomic E-state index is 14.5. The number of anilines is 3. The van der Waals surface area contributed by atoms with Crippen molar-refractivity contribution < 1.29 is 74.7 Å². The lowest BCUT2D eigenvalue weighted by atomic mass is 10.00. The number of aromatic hydroxyl groups is 3. The fraction of sp³-hybridized carbons (Fsp3) is 0.0781. The molecule has 0 unspecified atom stereocenters. The fourth-order valence-electron chi connectivity index (χ4n) is 9.65. The molecule has 36 heteroatoms. The summed E-state index contributed by atoms with van der Waals surface area (Å²) in [7, 11) is 0. The van der Waals surface area contributed by atoms with Gasteiger partial charge in [-0.25, -0.2) is 38.2 Å². The van der Waals surface area contributed by atoms with Crippen molar-refractivity contribution in [2.24, 2.45) is 30.7 Å². The van der Waals surface area contributed by atoms with Crippen molar-refractivity contribution in [3.05, 3.63) is 214 Å². The van der Waals surface area contributed by atoms with Gasteiger partial charge in [0.25, 0.3) is 22.4 Å². The number of pyridine rings is 3. The second kappa shape index (κ2) is 29.3. The Morgan fingerprint density at radius 3 is 1.29 bits per heavy atom. The van der Waals surface area contributed by atoms with Gasteiger partial charge in [-0.2, -0.15) is 25.5 Å². The first-order chi connectivity index (χ1) is 47.8. The number of rotatable bonds is 25. The molecular weight excluding hydrogens is 1310 g/mol. The fourth-order valence-corrected chi connectivity index (χ4v) is 9.65. The summed E-state index contributed by atoms with van der Waals surface area (Å²) < 4.78 is 1.74. The van der Waals surface area contributed by atoms with Crippen molar-refractivity contribution >= 4 is 99.3 Å². The predicted molar refractivity (Wildman–Crippen MR) is 348 cm³/mol. The van der Waals surface area contributed by atoms with Crippen molar-refractivity contribution in [2.75, 3.05) is 29.0 Å². The Bertz CT molecular complexity index is 5400. The molecule has 0 atom stereocenters. The highest BCUT2D eigenvalue weighted by molar-refractivity contribution is 5.99. The standard InChI is InChI=1S/C64H44N18O18/c1-29-39(27-65)50(83)80(52(85)46(29)77-74-41-24-33(56(89)90)14-17-36(41)59(95)96)22-20-68-62-71-63(69-21-23-81-51(84)40(28-66)44(31-10-6-4-7-11-31)48(53(81)86)78-75-42-25-34(57(91)92)15-18-37(42)60(97)98)73-64(72-62)70-30(2)82-54(87)47(67-3)45(32-12-8-5-9-13-32)49(55(82)88)79-76-43-26-35(58(93)94)16-19-38(43)61(99)100/h4-19,24-26,85-86,88H,2,20-23H2,1H3,(H,89,90)(H,91,92)(H,93,94)(H,95,96)(H,97,98)(H,99,100)(H3,68,69,70,71,72,73). The third kappa shape index (κ3) is 14.2.